The highest BCUT2D eigenvalue weighted by molar-refractivity contribution is 9.10. The van der Waals surface area contributed by atoms with Gasteiger partial charge in [0.25, 0.3) is 5.89 Å². The third-order valence-corrected chi connectivity index (χ3v) is 3.15. The van der Waals surface area contributed by atoms with Crippen LogP contribution in [0.5, 0.6) is 0 Å². The van der Waals surface area contributed by atoms with Crippen LogP contribution in [-0.2, 0) is 0 Å². The summed E-state index contributed by atoms with van der Waals surface area (Å²) in [5.74, 6) is 1.19. The van der Waals surface area contributed by atoms with Gasteiger partial charge in [-0.2, -0.15) is 9.97 Å². The van der Waals surface area contributed by atoms with Gasteiger partial charge in [-0.3, -0.25) is 5.10 Å². The number of halogens is 1. The molecule has 1 aromatic carbocycles. The number of H-pyrrole nitrogens is 1. The molecule has 0 bridgehead atoms. The van der Waals surface area contributed by atoms with E-state index in [1.165, 1.54) is 0 Å². The first-order valence-electron chi connectivity index (χ1n) is 5.42. The Balaban J connectivity index is 2.01. The highest BCUT2D eigenvalue weighted by Gasteiger charge is 2.15. The molecule has 3 rings (SSSR count). The lowest BCUT2D eigenvalue weighted by Crippen LogP contribution is -1.86. The average molecular weight is 321 g/mol. The molecule has 2 aromatic heterocycles. The van der Waals surface area contributed by atoms with Gasteiger partial charge in [0.15, 0.2) is 0 Å². The zero-order chi connectivity index (χ0) is 13.4. The number of aromatic amines is 1. The molecule has 0 atom stereocenters. The summed E-state index contributed by atoms with van der Waals surface area (Å²) in [4.78, 5) is 8.19. The molecule has 2 heterocycles. The van der Waals surface area contributed by atoms with Gasteiger partial charge in [-0.25, -0.2) is 0 Å². The third kappa shape index (κ3) is 2.22. The standard InChI is InChI=1S/C11H9BrN6O/c1-5-2-3-6(7(12)4-5)8-14-10(19-18-8)9-15-11(13)17-16-9/h2-4H,1H3,(H3,13,15,16,17). The molecule has 0 radical (unpaired) electrons. The summed E-state index contributed by atoms with van der Waals surface area (Å²) >= 11 is 3.48. The number of nitrogens with zero attached hydrogens (tertiary/aromatic N) is 4. The van der Waals surface area contributed by atoms with E-state index in [0.29, 0.717) is 11.6 Å². The van der Waals surface area contributed by atoms with Crippen LogP contribution in [0.3, 0.4) is 0 Å². The fourth-order valence-electron chi connectivity index (χ4n) is 1.60. The van der Waals surface area contributed by atoms with Gasteiger partial charge >= 0.3 is 0 Å². The molecular formula is C11H9BrN6O. The summed E-state index contributed by atoms with van der Waals surface area (Å²) in [5, 5.41) is 10.2. The Kier molecular flexibility index (Phi) is 2.79. The van der Waals surface area contributed by atoms with E-state index in [-0.39, 0.29) is 11.8 Å². The number of aryl methyl sites for hydroxylation is 1. The summed E-state index contributed by atoms with van der Waals surface area (Å²) < 4.78 is 6.03. The van der Waals surface area contributed by atoms with E-state index in [2.05, 4.69) is 41.3 Å². The van der Waals surface area contributed by atoms with Crippen molar-refractivity contribution in [2.75, 3.05) is 5.73 Å². The lowest BCUT2D eigenvalue weighted by molar-refractivity contribution is 0.429. The maximum atomic E-state index is 5.42. The molecule has 0 spiro atoms. The Morgan fingerprint density at radius 1 is 1.32 bits per heavy atom. The molecule has 0 aliphatic carbocycles. The molecule has 0 saturated heterocycles. The maximum Gasteiger partial charge on any atom is 0.295 e. The Morgan fingerprint density at radius 3 is 2.84 bits per heavy atom. The van der Waals surface area contributed by atoms with Gasteiger partial charge in [-0.05, 0) is 24.6 Å². The van der Waals surface area contributed by atoms with E-state index in [1.807, 2.05) is 25.1 Å². The van der Waals surface area contributed by atoms with Crippen molar-refractivity contribution in [1.82, 2.24) is 25.3 Å². The van der Waals surface area contributed by atoms with Crippen molar-refractivity contribution < 1.29 is 4.52 Å². The zero-order valence-corrected chi connectivity index (χ0v) is 11.5. The smallest absolute Gasteiger partial charge is 0.295 e. The number of nitrogens with one attached hydrogen (secondary N) is 1. The first-order chi connectivity index (χ1) is 9.13. The topological polar surface area (TPSA) is 107 Å². The van der Waals surface area contributed by atoms with E-state index in [1.54, 1.807) is 0 Å². The van der Waals surface area contributed by atoms with Crippen LogP contribution >= 0.6 is 15.9 Å². The number of aromatic nitrogens is 5. The molecule has 0 aliphatic rings. The van der Waals surface area contributed by atoms with Gasteiger partial charge in [0.2, 0.25) is 17.6 Å². The van der Waals surface area contributed by atoms with Crippen LogP contribution in [0, 0.1) is 6.92 Å². The Hall–Kier alpha value is -2.22. The molecule has 19 heavy (non-hydrogen) atoms. The summed E-state index contributed by atoms with van der Waals surface area (Å²) in [6.45, 7) is 2.01. The molecule has 7 nitrogen and oxygen atoms in total. The molecule has 8 heteroatoms. The normalized spacial score (nSPS) is 10.8. The number of hydrogen-bond donors (Lipinski definition) is 2. The number of nitrogens with two attached hydrogens (primary N) is 1. The molecule has 0 saturated carbocycles. The fraction of sp³-hybridized carbons (Fsp3) is 0.0909. The predicted molar refractivity (Wildman–Crippen MR) is 72.0 cm³/mol. The minimum Gasteiger partial charge on any atom is -0.366 e. The van der Waals surface area contributed by atoms with E-state index in [0.717, 1.165) is 15.6 Å². The lowest BCUT2D eigenvalue weighted by Gasteiger charge is -1.99. The monoisotopic (exact) mass is 320 g/mol. The second-order valence-electron chi connectivity index (χ2n) is 3.95. The van der Waals surface area contributed by atoms with Crippen molar-refractivity contribution in [1.29, 1.82) is 0 Å². The second-order valence-corrected chi connectivity index (χ2v) is 4.80. The van der Waals surface area contributed by atoms with Gasteiger partial charge in [0.05, 0.1) is 0 Å². The van der Waals surface area contributed by atoms with Crippen LogP contribution in [0.4, 0.5) is 5.95 Å². The Morgan fingerprint density at radius 2 is 2.16 bits per heavy atom. The Labute approximate surface area is 116 Å². The lowest BCUT2D eigenvalue weighted by atomic mass is 10.1. The number of anilines is 1. The number of hydrogen-bond acceptors (Lipinski definition) is 6. The highest BCUT2D eigenvalue weighted by Crippen LogP contribution is 2.28. The van der Waals surface area contributed by atoms with Crippen molar-refractivity contribution in [3.05, 3.63) is 28.2 Å². The summed E-state index contributed by atoms with van der Waals surface area (Å²) in [6.07, 6.45) is 0. The van der Waals surface area contributed by atoms with Crippen molar-refractivity contribution >= 4 is 21.9 Å². The van der Waals surface area contributed by atoms with Gasteiger partial charge in [-0.1, -0.05) is 27.2 Å². The van der Waals surface area contributed by atoms with E-state index >= 15 is 0 Å². The largest absolute Gasteiger partial charge is 0.366 e. The van der Waals surface area contributed by atoms with Gasteiger partial charge in [0.1, 0.15) is 0 Å². The SMILES string of the molecule is Cc1ccc(-c2noc(-c3nc(N)n[nH]3)n2)c(Br)c1. The van der Waals surface area contributed by atoms with Crippen molar-refractivity contribution in [3.8, 4) is 23.1 Å². The van der Waals surface area contributed by atoms with Gasteiger partial charge < -0.3 is 10.3 Å². The third-order valence-electron chi connectivity index (χ3n) is 2.50. The molecule has 3 N–H and O–H groups in total. The molecule has 0 amide bonds. The van der Waals surface area contributed by atoms with E-state index in [4.69, 9.17) is 10.3 Å². The summed E-state index contributed by atoms with van der Waals surface area (Å²) in [7, 11) is 0. The number of nitrogen functional groups attached to an aromatic ring is 1. The van der Waals surface area contributed by atoms with Crippen LogP contribution in [0.15, 0.2) is 27.2 Å². The molecular weight excluding hydrogens is 312 g/mol. The van der Waals surface area contributed by atoms with E-state index in [9.17, 15) is 0 Å². The summed E-state index contributed by atoms with van der Waals surface area (Å²) in [5.41, 5.74) is 7.41. The van der Waals surface area contributed by atoms with Crippen LogP contribution < -0.4 is 5.73 Å². The molecule has 3 aromatic rings. The predicted octanol–water partition coefficient (Wildman–Crippen LogP) is 2.17. The number of benzene rings is 1. The first kappa shape index (κ1) is 11.8. The first-order valence-corrected chi connectivity index (χ1v) is 6.21. The molecule has 0 fully saturated rings. The van der Waals surface area contributed by atoms with Crippen LogP contribution in [0.25, 0.3) is 23.1 Å². The second kappa shape index (κ2) is 4.47. The number of rotatable bonds is 2. The molecule has 96 valence electrons. The van der Waals surface area contributed by atoms with E-state index < -0.39 is 0 Å². The van der Waals surface area contributed by atoms with Crippen molar-refractivity contribution in [2.45, 2.75) is 6.92 Å². The summed E-state index contributed by atoms with van der Waals surface area (Å²) in [6, 6.07) is 5.88. The molecule has 0 unspecified atom stereocenters. The van der Waals surface area contributed by atoms with Crippen LogP contribution in [0.1, 0.15) is 5.56 Å². The zero-order valence-electron chi connectivity index (χ0n) is 9.88. The van der Waals surface area contributed by atoms with Gasteiger partial charge in [-0.15, -0.1) is 5.10 Å². The maximum absolute atomic E-state index is 5.42. The Bertz CT molecular complexity index is 734. The quantitative estimate of drug-likeness (QED) is 0.749. The average Bonchev–Trinajstić information content (AvgIpc) is 2.97. The highest BCUT2D eigenvalue weighted by atomic mass is 79.9. The van der Waals surface area contributed by atoms with Crippen molar-refractivity contribution in [2.24, 2.45) is 0 Å². The minimum atomic E-state index is 0.131. The van der Waals surface area contributed by atoms with Crippen LogP contribution in [0.2, 0.25) is 0 Å². The van der Waals surface area contributed by atoms with Crippen LogP contribution in [-0.4, -0.2) is 25.3 Å². The molecule has 0 aliphatic heterocycles. The minimum absolute atomic E-state index is 0.131. The fourth-order valence-corrected chi connectivity index (χ4v) is 2.27. The van der Waals surface area contributed by atoms with Crippen molar-refractivity contribution in [3.63, 3.8) is 0 Å². The van der Waals surface area contributed by atoms with Gasteiger partial charge in [0, 0.05) is 10.0 Å².